The maximum Gasteiger partial charge on any atom is 0.306 e. The number of rotatable bonds is 42. The van der Waals surface area contributed by atoms with Gasteiger partial charge < -0.3 is 27.9 Å². The van der Waals surface area contributed by atoms with Crippen LogP contribution < -0.4 is 4.89 Å². The van der Waals surface area contributed by atoms with Gasteiger partial charge in [-0.25, -0.2) is 0 Å². The molecule has 0 aliphatic rings. The minimum Gasteiger partial charge on any atom is -0.756 e. The zero-order valence-corrected chi connectivity index (χ0v) is 36.6. The minimum atomic E-state index is -4.52. The summed E-state index contributed by atoms with van der Waals surface area (Å²) in [7, 11) is 1.36. The first kappa shape index (κ1) is 52.2. The van der Waals surface area contributed by atoms with E-state index in [9.17, 15) is 14.3 Å². The number of nitrogens with zero attached hydrogens (tertiary/aromatic N) is 1. The molecule has 0 amide bonds. The lowest BCUT2D eigenvalue weighted by Crippen LogP contribution is -2.37. The van der Waals surface area contributed by atoms with Crippen molar-refractivity contribution in [2.75, 3.05) is 54.1 Å². The van der Waals surface area contributed by atoms with Gasteiger partial charge in [0.1, 0.15) is 19.3 Å². The van der Waals surface area contributed by atoms with Crippen molar-refractivity contribution in [1.29, 1.82) is 0 Å². The minimum absolute atomic E-state index is 0.0287. The van der Waals surface area contributed by atoms with Gasteiger partial charge in [0.2, 0.25) is 0 Å². The van der Waals surface area contributed by atoms with Crippen molar-refractivity contribution in [3.63, 3.8) is 0 Å². The molecule has 0 fully saturated rings. The molecule has 0 saturated carbocycles. The maximum atomic E-state index is 12.6. The second kappa shape index (κ2) is 38.1. The molecule has 9 heteroatoms. The fourth-order valence-electron chi connectivity index (χ4n) is 6.31. The Morgan fingerprint density at radius 3 is 1.43 bits per heavy atom. The molecule has 0 heterocycles. The fraction of sp³-hybridized carbons (Fsp3) is 0.932. The van der Waals surface area contributed by atoms with E-state index in [1.807, 2.05) is 21.1 Å². The molecular formula is C44H88NO7P. The highest BCUT2D eigenvalue weighted by molar-refractivity contribution is 7.45. The Labute approximate surface area is 329 Å². The Bertz CT molecular complexity index is 863. The standard InChI is InChI=1S/C44H88NO7P/c1-6-8-10-12-14-16-18-20-21-22-23-24-25-26-28-30-32-34-36-39-49-41-43(42-51-53(47,48)50-40-38-45(3,4)5)52-44(46)37-35-33-31-29-27-19-17-15-13-11-9-7-2/h21-22,43H,6-20,23-42H2,1-5H3/b22-21-. The highest BCUT2D eigenvalue weighted by Gasteiger charge is 2.20. The molecule has 8 nitrogen and oxygen atoms in total. The third kappa shape index (κ3) is 42.2. The number of phosphoric acid groups is 1. The van der Waals surface area contributed by atoms with Gasteiger partial charge in [-0.2, -0.15) is 0 Å². The first-order valence-corrected chi connectivity index (χ1v) is 23.9. The van der Waals surface area contributed by atoms with Gasteiger partial charge in [0, 0.05) is 13.0 Å². The van der Waals surface area contributed by atoms with Crippen LogP contribution in [0.1, 0.15) is 206 Å². The van der Waals surface area contributed by atoms with Crippen molar-refractivity contribution in [2.24, 2.45) is 0 Å². The Hall–Kier alpha value is -0.760. The van der Waals surface area contributed by atoms with E-state index >= 15 is 0 Å². The summed E-state index contributed by atoms with van der Waals surface area (Å²) in [5.41, 5.74) is 0. The molecule has 0 saturated heterocycles. The van der Waals surface area contributed by atoms with Gasteiger partial charge in [-0.05, 0) is 38.5 Å². The lowest BCUT2D eigenvalue weighted by atomic mass is 10.0. The Morgan fingerprint density at radius 1 is 0.566 bits per heavy atom. The SMILES string of the molecule is CCCCCCCCC/C=C\CCCCCCCCCCOCC(COP(=O)([O-])OCC[N+](C)(C)C)OC(=O)CCCCCCCCCCCCCC. The van der Waals surface area contributed by atoms with Crippen molar-refractivity contribution < 1.29 is 37.3 Å². The second-order valence-electron chi connectivity index (χ2n) is 16.4. The van der Waals surface area contributed by atoms with E-state index in [0.717, 1.165) is 32.1 Å². The number of carbonyl (C=O) groups excluding carboxylic acids is 1. The van der Waals surface area contributed by atoms with Crippen molar-refractivity contribution in [2.45, 2.75) is 213 Å². The number of esters is 1. The average Bonchev–Trinajstić information content (AvgIpc) is 3.11. The number of carbonyl (C=O) groups is 1. The van der Waals surface area contributed by atoms with Crippen LogP contribution in [0.3, 0.4) is 0 Å². The number of hydrogen-bond acceptors (Lipinski definition) is 7. The fourth-order valence-corrected chi connectivity index (χ4v) is 7.03. The monoisotopic (exact) mass is 774 g/mol. The molecule has 0 aromatic carbocycles. The number of quaternary nitrogens is 1. The Kier molecular flexibility index (Phi) is 37.6. The molecule has 0 rings (SSSR count). The molecule has 0 N–H and O–H groups in total. The highest BCUT2D eigenvalue weighted by Crippen LogP contribution is 2.38. The lowest BCUT2D eigenvalue weighted by molar-refractivity contribution is -0.870. The van der Waals surface area contributed by atoms with Crippen LogP contribution in [0.25, 0.3) is 0 Å². The summed E-state index contributed by atoms with van der Waals surface area (Å²) in [5, 5.41) is 0. The van der Waals surface area contributed by atoms with Gasteiger partial charge in [0.25, 0.3) is 7.82 Å². The predicted molar refractivity (Wildman–Crippen MR) is 222 cm³/mol. The molecule has 2 atom stereocenters. The summed E-state index contributed by atoms with van der Waals surface area (Å²) in [6, 6.07) is 0. The Morgan fingerprint density at radius 2 is 0.981 bits per heavy atom. The van der Waals surface area contributed by atoms with Crippen molar-refractivity contribution >= 4 is 13.8 Å². The number of unbranched alkanes of at least 4 members (excludes halogenated alkanes) is 26. The van der Waals surface area contributed by atoms with E-state index in [1.54, 1.807) is 0 Å². The van der Waals surface area contributed by atoms with E-state index in [-0.39, 0.29) is 25.8 Å². The van der Waals surface area contributed by atoms with Crippen molar-refractivity contribution in [1.82, 2.24) is 0 Å². The smallest absolute Gasteiger partial charge is 0.306 e. The van der Waals surface area contributed by atoms with E-state index < -0.39 is 13.9 Å². The van der Waals surface area contributed by atoms with Gasteiger partial charge in [-0.1, -0.05) is 174 Å². The molecular weight excluding hydrogens is 685 g/mol. The van der Waals surface area contributed by atoms with E-state index in [2.05, 4.69) is 26.0 Å². The van der Waals surface area contributed by atoms with Gasteiger partial charge in [-0.3, -0.25) is 9.36 Å². The summed E-state index contributed by atoms with van der Waals surface area (Å²) in [6.07, 6.45) is 40.8. The van der Waals surface area contributed by atoms with Crippen LogP contribution in [-0.4, -0.2) is 70.7 Å². The first-order chi connectivity index (χ1) is 25.6. The van der Waals surface area contributed by atoms with E-state index in [1.165, 1.54) is 154 Å². The summed E-state index contributed by atoms with van der Waals surface area (Å²) in [5.74, 6) is -0.333. The topological polar surface area (TPSA) is 94.1 Å². The molecule has 0 radical (unpaired) electrons. The van der Waals surface area contributed by atoms with E-state index in [4.69, 9.17) is 18.5 Å². The van der Waals surface area contributed by atoms with Crippen LogP contribution >= 0.6 is 7.82 Å². The zero-order chi connectivity index (χ0) is 39.1. The lowest BCUT2D eigenvalue weighted by Gasteiger charge is -2.28. The number of likely N-dealkylation sites (N-methyl/N-ethyl adjacent to an activating group) is 1. The third-order valence-corrected chi connectivity index (χ3v) is 10.8. The van der Waals surface area contributed by atoms with Crippen LogP contribution in [-0.2, 0) is 27.9 Å². The molecule has 316 valence electrons. The highest BCUT2D eigenvalue weighted by atomic mass is 31.2. The summed E-state index contributed by atoms with van der Waals surface area (Å²) in [4.78, 5) is 25.0. The van der Waals surface area contributed by atoms with Gasteiger partial charge in [-0.15, -0.1) is 0 Å². The van der Waals surface area contributed by atoms with Crippen LogP contribution in [0.15, 0.2) is 12.2 Å². The van der Waals surface area contributed by atoms with Gasteiger partial charge in [0.05, 0.1) is 34.4 Å². The molecule has 0 aromatic rings. The number of ether oxygens (including phenoxy) is 2. The van der Waals surface area contributed by atoms with Gasteiger partial charge in [0.15, 0.2) is 0 Å². The zero-order valence-electron chi connectivity index (χ0n) is 35.7. The number of allylic oxidation sites excluding steroid dienone is 2. The van der Waals surface area contributed by atoms with E-state index in [0.29, 0.717) is 24.1 Å². The Balaban J connectivity index is 4.16. The van der Waals surface area contributed by atoms with Crippen molar-refractivity contribution in [3.8, 4) is 0 Å². The quantitative estimate of drug-likeness (QED) is 0.0200. The summed E-state index contributed by atoms with van der Waals surface area (Å²) in [6.45, 7) is 5.43. The van der Waals surface area contributed by atoms with Crippen molar-refractivity contribution in [3.05, 3.63) is 12.2 Å². The maximum absolute atomic E-state index is 12.6. The number of hydrogen-bond donors (Lipinski definition) is 0. The molecule has 53 heavy (non-hydrogen) atoms. The summed E-state index contributed by atoms with van der Waals surface area (Å²) >= 11 is 0. The van der Waals surface area contributed by atoms with Crippen LogP contribution in [0.2, 0.25) is 0 Å². The number of phosphoric ester groups is 1. The van der Waals surface area contributed by atoms with Crippen LogP contribution in [0.4, 0.5) is 0 Å². The largest absolute Gasteiger partial charge is 0.756 e. The predicted octanol–water partition coefficient (Wildman–Crippen LogP) is 12.4. The first-order valence-electron chi connectivity index (χ1n) is 22.4. The third-order valence-electron chi connectivity index (χ3n) is 9.82. The van der Waals surface area contributed by atoms with Crippen LogP contribution in [0.5, 0.6) is 0 Å². The normalized spacial score (nSPS) is 13.8. The van der Waals surface area contributed by atoms with Crippen LogP contribution in [0, 0.1) is 0 Å². The second-order valence-corrected chi connectivity index (χ2v) is 17.8. The molecule has 0 aliphatic heterocycles. The molecule has 2 unspecified atom stereocenters. The molecule has 0 bridgehead atoms. The molecule has 0 aromatic heterocycles. The molecule has 0 aliphatic carbocycles. The average molecular weight is 774 g/mol. The molecule has 0 spiro atoms. The summed E-state index contributed by atoms with van der Waals surface area (Å²) < 4.78 is 34.6. The van der Waals surface area contributed by atoms with Gasteiger partial charge >= 0.3 is 5.97 Å².